The van der Waals surface area contributed by atoms with Gasteiger partial charge >= 0.3 is 5.97 Å². The van der Waals surface area contributed by atoms with E-state index in [1.54, 1.807) is 14.1 Å². The van der Waals surface area contributed by atoms with Crippen molar-refractivity contribution in [1.29, 1.82) is 0 Å². The standard InChI is InChI=1S/C20H15FN4O6S.C3H7NO/c21-14-7-5-13(6-8-14)12-22-23-18-10-9-15(11-19(18)25(28)29)32(30,31)24-17-4-2-1-3-16(17)20(26)27;1-4(2)3-5/h1-12,23-24H,(H,26,27);3H,1-2H3. The van der Waals surface area contributed by atoms with E-state index in [9.17, 15) is 37.6 Å². The van der Waals surface area contributed by atoms with Gasteiger partial charge in [0.2, 0.25) is 6.41 Å². The number of para-hydroxylation sites is 1. The summed E-state index contributed by atoms with van der Waals surface area (Å²) < 4.78 is 40.4. The van der Waals surface area contributed by atoms with Crippen LogP contribution in [-0.2, 0) is 14.8 Å². The van der Waals surface area contributed by atoms with Gasteiger partial charge in [-0.25, -0.2) is 17.6 Å². The van der Waals surface area contributed by atoms with E-state index in [-0.39, 0.29) is 16.9 Å². The summed E-state index contributed by atoms with van der Waals surface area (Å²) in [4.78, 5) is 32.4. The molecule has 3 aromatic carbocycles. The summed E-state index contributed by atoms with van der Waals surface area (Å²) in [5, 5.41) is 24.5. The Kier molecular flexibility index (Phi) is 9.77. The van der Waals surface area contributed by atoms with Crippen molar-refractivity contribution in [3.8, 4) is 0 Å². The van der Waals surface area contributed by atoms with Crippen LogP contribution in [0.4, 0.5) is 21.5 Å². The number of carbonyl (C=O) groups excluding carboxylic acids is 1. The van der Waals surface area contributed by atoms with Crippen LogP contribution in [0.1, 0.15) is 15.9 Å². The van der Waals surface area contributed by atoms with E-state index >= 15 is 0 Å². The number of hydrazone groups is 1. The molecule has 0 heterocycles. The fourth-order valence-electron chi connectivity index (χ4n) is 2.61. The lowest BCUT2D eigenvalue weighted by Gasteiger charge is -2.11. The van der Waals surface area contributed by atoms with Crippen molar-refractivity contribution in [3.05, 3.63) is 93.8 Å². The van der Waals surface area contributed by atoms with E-state index in [1.807, 2.05) is 0 Å². The molecule has 37 heavy (non-hydrogen) atoms. The first-order chi connectivity index (χ1) is 17.4. The number of hydrogen-bond acceptors (Lipinski definition) is 8. The lowest BCUT2D eigenvalue weighted by Crippen LogP contribution is -2.16. The zero-order valence-electron chi connectivity index (χ0n) is 19.5. The second-order valence-electron chi connectivity index (χ2n) is 7.38. The topological polar surface area (TPSA) is 171 Å². The lowest BCUT2D eigenvalue weighted by atomic mass is 10.2. The number of benzene rings is 3. The smallest absolute Gasteiger partial charge is 0.337 e. The van der Waals surface area contributed by atoms with E-state index in [1.165, 1.54) is 59.6 Å². The molecule has 14 heteroatoms. The molecule has 0 bridgehead atoms. The van der Waals surface area contributed by atoms with Crippen LogP contribution >= 0.6 is 0 Å². The average Bonchev–Trinajstić information content (AvgIpc) is 2.85. The fraction of sp³-hybridized carbons (Fsp3) is 0.0870. The number of nitrogens with zero attached hydrogens (tertiary/aromatic N) is 3. The number of carboxylic acids is 1. The van der Waals surface area contributed by atoms with Gasteiger partial charge in [-0.3, -0.25) is 25.1 Å². The highest BCUT2D eigenvalue weighted by Gasteiger charge is 2.23. The predicted molar refractivity (Wildman–Crippen MR) is 135 cm³/mol. The maximum Gasteiger partial charge on any atom is 0.337 e. The minimum absolute atomic E-state index is 0.0850. The summed E-state index contributed by atoms with van der Waals surface area (Å²) in [6.45, 7) is 0. The summed E-state index contributed by atoms with van der Waals surface area (Å²) >= 11 is 0. The monoisotopic (exact) mass is 531 g/mol. The van der Waals surface area contributed by atoms with Crippen LogP contribution in [0.2, 0.25) is 0 Å². The van der Waals surface area contributed by atoms with Gasteiger partial charge in [0.15, 0.2) is 0 Å². The van der Waals surface area contributed by atoms with Crippen LogP contribution < -0.4 is 10.1 Å². The summed E-state index contributed by atoms with van der Waals surface area (Å²) in [6, 6.07) is 13.8. The zero-order chi connectivity index (χ0) is 27.6. The van der Waals surface area contributed by atoms with Crippen molar-refractivity contribution in [2.24, 2.45) is 5.10 Å². The van der Waals surface area contributed by atoms with Crippen molar-refractivity contribution in [2.75, 3.05) is 24.2 Å². The number of sulfonamides is 1. The molecular formula is C23H22FN5O7S. The van der Waals surface area contributed by atoms with Crippen molar-refractivity contribution < 1.29 is 32.4 Å². The number of halogens is 1. The van der Waals surface area contributed by atoms with E-state index in [2.05, 4.69) is 15.2 Å². The van der Waals surface area contributed by atoms with Gasteiger partial charge in [-0.1, -0.05) is 24.3 Å². The molecule has 0 saturated heterocycles. The predicted octanol–water partition coefficient (Wildman–Crippen LogP) is 3.38. The number of carbonyl (C=O) groups is 2. The number of amides is 1. The molecular weight excluding hydrogens is 509 g/mol. The van der Waals surface area contributed by atoms with Crippen LogP contribution in [0.25, 0.3) is 0 Å². The summed E-state index contributed by atoms with van der Waals surface area (Å²) in [5.74, 6) is -1.77. The highest BCUT2D eigenvalue weighted by Crippen LogP contribution is 2.29. The first-order valence-electron chi connectivity index (χ1n) is 10.2. The van der Waals surface area contributed by atoms with Crippen LogP contribution in [0.3, 0.4) is 0 Å². The highest BCUT2D eigenvalue weighted by atomic mass is 32.2. The second kappa shape index (κ2) is 12.7. The number of carboxylic acid groups (broad SMARTS) is 1. The van der Waals surface area contributed by atoms with Crippen LogP contribution in [0.5, 0.6) is 0 Å². The van der Waals surface area contributed by atoms with Crippen LogP contribution in [0.15, 0.2) is 76.7 Å². The Morgan fingerprint density at radius 2 is 1.70 bits per heavy atom. The van der Waals surface area contributed by atoms with Crippen molar-refractivity contribution in [2.45, 2.75) is 4.90 Å². The van der Waals surface area contributed by atoms with Gasteiger partial charge in [-0.05, 0) is 42.0 Å². The largest absolute Gasteiger partial charge is 0.478 e. The Hall–Kier alpha value is -4.85. The van der Waals surface area contributed by atoms with Gasteiger partial charge in [0.25, 0.3) is 15.7 Å². The molecule has 0 spiro atoms. The van der Waals surface area contributed by atoms with Crippen LogP contribution in [-0.4, -0.2) is 56.0 Å². The molecule has 0 aliphatic heterocycles. The van der Waals surface area contributed by atoms with Gasteiger partial charge in [-0.2, -0.15) is 5.10 Å². The third-order valence-electron chi connectivity index (χ3n) is 4.36. The summed E-state index contributed by atoms with van der Waals surface area (Å²) in [6.07, 6.45) is 2.05. The zero-order valence-corrected chi connectivity index (χ0v) is 20.3. The molecule has 3 aromatic rings. The van der Waals surface area contributed by atoms with Crippen molar-refractivity contribution >= 4 is 45.7 Å². The van der Waals surface area contributed by atoms with Crippen molar-refractivity contribution in [3.63, 3.8) is 0 Å². The molecule has 3 N–H and O–H groups in total. The molecule has 3 rings (SSSR count). The quantitative estimate of drug-likeness (QED) is 0.163. The minimum atomic E-state index is -4.33. The average molecular weight is 532 g/mol. The molecule has 0 radical (unpaired) electrons. The Morgan fingerprint density at radius 3 is 2.27 bits per heavy atom. The first kappa shape index (κ1) is 28.4. The first-order valence-corrected chi connectivity index (χ1v) is 11.7. The number of hydrogen-bond donors (Lipinski definition) is 3. The molecule has 0 fully saturated rings. The molecule has 0 saturated carbocycles. The summed E-state index contributed by atoms with van der Waals surface area (Å²) in [7, 11) is -0.954. The van der Waals surface area contributed by atoms with Gasteiger partial charge in [0.05, 0.1) is 27.3 Å². The molecule has 0 atom stereocenters. The number of nitrogens with one attached hydrogen (secondary N) is 2. The summed E-state index contributed by atoms with van der Waals surface area (Å²) in [5.41, 5.74) is 1.86. The van der Waals surface area contributed by atoms with E-state index in [0.717, 1.165) is 24.6 Å². The SMILES string of the molecule is CN(C)C=O.O=C(O)c1ccccc1NS(=O)(=O)c1ccc(NN=Cc2ccc(F)cc2)c([N+](=O)[O-])c1. The van der Waals surface area contributed by atoms with E-state index in [0.29, 0.717) is 5.56 Å². The molecule has 0 aliphatic carbocycles. The number of nitro groups is 1. The second-order valence-corrected chi connectivity index (χ2v) is 9.07. The Bertz CT molecular complexity index is 1410. The van der Waals surface area contributed by atoms with Gasteiger partial charge < -0.3 is 10.0 Å². The molecule has 194 valence electrons. The van der Waals surface area contributed by atoms with Crippen molar-refractivity contribution in [1.82, 2.24) is 4.90 Å². The van der Waals surface area contributed by atoms with E-state index in [4.69, 9.17) is 0 Å². The fourth-order valence-corrected chi connectivity index (χ4v) is 3.71. The van der Waals surface area contributed by atoms with Gasteiger partial charge in [-0.15, -0.1) is 0 Å². The Morgan fingerprint density at radius 1 is 1.08 bits per heavy atom. The van der Waals surface area contributed by atoms with E-state index < -0.39 is 37.3 Å². The Balaban J connectivity index is 0.000000877. The third kappa shape index (κ3) is 8.40. The Labute approximate surface area is 211 Å². The maximum absolute atomic E-state index is 12.9. The third-order valence-corrected chi connectivity index (χ3v) is 5.72. The highest BCUT2D eigenvalue weighted by molar-refractivity contribution is 7.92. The maximum atomic E-state index is 12.9. The molecule has 12 nitrogen and oxygen atoms in total. The molecule has 0 aliphatic rings. The number of rotatable bonds is 9. The van der Waals surface area contributed by atoms with Crippen LogP contribution in [0, 0.1) is 15.9 Å². The number of aromatic carboxylic acids is 1. The molecule has 0 unspecified atom stereocenters. The number of anilines is 2. The van der Waals surface area contributed by atoms with Gasteiger partial charge in [0.1, 0.15) is 11.5 Å². The minimum Gasteiger partial charge on any atom is -0.478 e. The molecule has 1 amide bonds. The molecule has 0 aromatic heterocycles. The number of nitro benzene ring substituents is 1. The van der Waals surface area contributed by atoms with Gasteiger partial charge in [0, 0.05) is 20.2 Å². The normalized spacial score (nSPS) is 10.7. The lowest BCUT2D eigenvalue weighted by molar-refractivity contribution is -0.384.